The Hall–Kier alpha value is -3.33. The Balaban J connectivity index is 4.60. The summed E-state index contributed by atoms with van der Waals surface area (Å²) in [6, 6.07) is 0. The Labute approximate surface area is 340 Å². The number of unbranched alkanes of at least 4 members (excludes halogenated alkanes) is 3. The highest BCUT2D eigenvalue weighted by Crippen LogP contribution is 2.43. The van der Waals surface area contributed by atoms with Gasteiger partial charge in [-0.1, -0.05) is 123 Å². The number of allylic oxidation sites excluding steroid dienone is 18. The summed E-state index contributed by atoms with van der Waals surface area (Å²) in [6.07, 6.45) is 50.1. The third-order valence-corrected chi connectivity index (χ3v) is 8.78. The summed E-state index contributed by atoms with van der Waals surface area (Å²) in [5.41, 5.74) is 0. The minimum absolute atomic E-state index is 0.00737. The van der Waals surface area contributed by atoms with Crippen LogP contribution in [0.3, 0.4) is 0 Å². The zero-order chi connectivity index (χ0) is 41.4. The van der Waals surface area contributed by atoms with Crippen LogP contribution in [0, 0.1) is 0 Å². The predicted molar refractivity (Wildman–Crippen MR) is 233 cm³/mol. The van der Waals surface area contributed by atoms with Crippen LogP contribution in [-0.2, 0) is 32.7 Å². The number of carbonyl (C=O) groups is 2. The van der Waals surface area contributed by atoms with Crippen LogP contribution in [0.25, 0.3) is 0 Å². The Morgan fingerprint density at radius 1 is 0.554 bits per heavy atom. The number of esters is 2. The van der Waals surface area contributed by atoms with E-state index in [1.54, 1.807) is 0 Å². The van der Waals surface area contributed by atoms with Crippen LogP contribution in [0.1, 0.15) is 117 Å². The minimum atomic E-state index is -4.41. The van der Waals surface area contributed by atoms with Crippen molar-refractivity contribution in [3.63, 3.8) is 0 Å². The summed E-state index contributed by atoms with van der Waals surface area (Å²) < 4.78 is 34.1. The molecule has 10 heteroatoms. The van der Waals surface area contributed by atoms with Gasteiger partial charge < -0.3 is 18.9 Å². The molecule has 0 saturated heterocycles. The van der Waals surface area contributed by atoms with Gasteiger partial charge in [-0.2, -0.15) is 0 Å². The highest BCUT2D eigenvalue weighted by molar-refractivity contribution is 7.47. The molecule has 0 fully saturated rings. The molecule has 0 aromatic heterocycles. The van der Waals surface area contributed by atoms with Gasteiger partial charge in [0.05, 0.1) is 27.7 Å². The first-order chi connectivity index (χ1) is 27.0. The quantitative estimate of drug-likeness (QED) is 0.0222. The maximum atomic E-state index is 12.6. The average molecular weight is 801 g/mol. The van der Waals surface area contributed by atoms with Crippen molar-refractivity contribution in [2.24, 2.45) is 0 Å². The molecule has 1 N–H and O–H groups in total. The molecular weight excluding hydrogens is 725 g/mol. The third-order valence-electron chi connectivity index (χ3n) is 7.80. The molecule has 0 aliphatic rings. The van der Waals surface area contributed by atoms with Gasteiger partial charge in [0, 0.05) is 12.8 Å². The highest BCUT2D eigenvalue weighted by atomic mass is 31.2. The van der Waals surface area contributed by atoms with Crippen LogP contribution in [0.5, 0.6) is 0 Å². The van der Waals surface area contributed by atoms with Crippen LogP contribution in [0.4, 0.5) is 0 Å². The largest absolute Gasteiger partial charge is 0.472 e. The van der Waals surface area contributed by atoms with E-state index in [0.717, 1.165) is 70.6 Å². The van der Waals surface area contributed by atoms with Crippen molar-refractivity contribution < 1.29 is 42.1 Å². The second-order valence-corrected chi connectivity index (χ2v) is 15.7. The molecule has 1 unspecified atom stereocenters. The van der Waals surface area contributed by atoms with Gasteiger partial charge in [0.2, 0.25) is 0 Å². The number of hydrogen-bond acceptors (Lipinski definition) is 7. The summed E-state index contributed by atoms with van der Waals surface area (Å²) in [5.74, 6) is -0.931. The fraction of sp³-hybridized carbons (Fsp3) is 0.565. The zero-order valence-electron chi connectivity index (χ0n) is 35.3. The van der Waals surface area contributed by atoms with E-state index in [1.165, 1.54) is 0 Å². The molecule has 0 aromatic carbocycles. The molecule has 0 aromatic rings. The maximum absolute atomic E-state index is 12.6. The normalized spacial score (nSPS) is 14.8. The topological polar surface area (TPSA) is 108 Å². The van der Waals surface area contributed by atoms with Crippen LogP contribution in [0.15, 0.2) is 109 Å². The predicted octanol–water partition coefficient (Wildman–Crippen LogP) is 11.6. The Kier molecular flexibility index (Phi) is 35.0. The van der Waals surface area contributed by atoms with Crippen LogP contribution >= 0.6 is 7.82 Å². The molecule has 0 heterocycles. The van der Waals surface area contributed by atoms with Gasteiger partial charge in [0.1, 0.15) is 19.8 Å². The van der Waals surface area contributed by atoms with Gasteiger partial charge >= 0.3 is 19.8 Å². The number of phosphoric acid groups is 1. The summed E-state index contributed by atoms with van der Waals surface area (Å²) in [4.78, 5) is 35.3. The van der Waals surface area contributed by atoms with Gasteiger partial charge in [0.15, 0.2) is 6.10 Å². The van der Waals surface area contributed by atoms with Crippen LogP contribution in [0.2, 0.25) is 0 Å². The first kappa shape index (κ1) is 52.7. The molecule has 0 saturated carbocycles. The van der Waals surface area contributed by atoms with Gasteiger partial charge in [-0.25, -0.2) is 4.57 Å². The highest BCUT2D eigenvalue weighted by Gasteiger charge is 2.27. The fourth-order valence-corrected chi connectivity index (χ4v) is 5.37. The molecule has 0 spiro atoms. The Bertz CT molecular complexity index is 1320. The lowest BCUT2D eigenvalue weighted by molar-refractivity contribution is -0.870. The second kappa shape index (κ2) is 37.3. The summed E-state index contributed by atoms with van der Waals surface area (Å²) in [5, 5.41) is 0. The number of likely N-dealkylation sites (N-methyl/N-ethyl adjacent to an activating group) is 1. The molecule has 56 heavy (non-hydrogen) atoms. The van der Waals surface area contributed by atoms with E-state index in [4.69, 9.17) is 18.5 Å². The number of hydrogen-bond donors (Lipinski definition) is 1. The van der Waals surface area contributed by atoms with E-state index in [2.05, 4.69) is 117 Å². The van der Waals surface area contributed by atoms with E-state index < -0.39 is 32.5 Å². The van der Waals surface area contributed by atoms with Crippen molar-refractivity contribution in [3.05, 3.63) is 109 Å². The molecule has 0 radical (unpaired) electrons. The van der Waals surface area contributed by atoms with Gasteiger partial charge in [-0.15, -0.1) is 0 Å². The summed E-state index contributed by atoms with van der Waals surface area (Å²) in [6.45, 7) is 4.03. The fourth-order valence-electron chi connectivity index (χ4n) is 4.63. The lowest BCUT2D eigenvalue weighted by atomic mass is 10.2. The third kappa shape index (κ3) is 40.3. The molecular formula is C46H75NO8P+. The molecule has 0 aliphatic carbocycles. The molecule has 316 valence electrons. The number of rotatable bonds is 35. The monoisotopic (exact) mass is 801 g/mol. The smallest absolute Gasteiger partial charge is 0.462 e. The number of ether oxygens (including phenoxy) is 2. The minimum Gasteiger partial charge on any atom is -0.462 e. The molecule has 0 amide bonds. The lowest BCUT2D eigenvalue weighted by Crippen LogP contribution is -2.37. The average Bonchev–Trinajstić information content (AvgIpc) is 3.15. The standard InChI is InChI=1S/C46H74NO8P/c1-6-8-10-12-14-16-18-20-22-23-25-27-29-31-33-35-37-39-46(49)55-44(43-54-56(50,51)53-41-40-47(3,4)5)42-52-45(48)38-36-34-32-30-28-26-24-21-19-17-15-13-11-9-7-2/h8-11,14-17,20-22,24-25,27-28,30-31,33,44H,6-7,12-13,18-19,23,26,29,32,34-43H2,1-5H3/p+1/b10-8-,11-9-,16-14-,17-15-,22-20-,24-21-,27-25-,30-28-,33-31-/t44-/m1/s1. The molecule has 0 aliphatic heterocycles. The van der Waals surface area contributed by atoms with Gasteiger partial charge in [0.25, 0.3) is 0 Å². The summed E-state index contributed by atoms with van der Waals surface area (Å²) >= 11 is 0. The molecule has 9 nitrogen and oxygen atoms in total. The number of nitrogens with zero attached hydrogens (tertiary/aromatic N) is 1. The SMILES string of the molecule is CC/C=C\C/C=C\C/C=C\C/C=C\C/C=C\CCCC(=O)O[C@H](COC(=O)CCCC/C=C\C/C=C\C/C=C\C/C=C\CC)COP(=O)(O)OCC[N+](C)(C)C. The lowest BCUT2D eigenvalue weighted by Gasteiger charge is -2.24. The van der Waals surface area contributed by atoms with E-state index >= 15 is 0 Å². The maximum Gasteiger partial charge on any atom is 0.472 e. The van der Waals surface area contributed by atoms with E-state index in [9.17, 15) is 19.0 Å². The van der Waals surface area contributed by atoms with Crippen molar-refractivity contribution in [2.45, 2.75) is 123 Å². The van der Waals surface area contributed by atoms with Crippen LogP contribution in [-0.4, -0.2) is 74.9 Å². The van der Waals surface area contributed by atoms with E-state index in [-0.39, 0.29) is 26.1 Å². The van der Waals surface area contributed by atoms with E-state index in [0.29, 0.717) is 30.3 Å². The first-order valence-electron chi connectivity index (χ1n) is 20.6. The van der Waals surface area contributed by atoms with Crippen molar-refractivity contribution in [1.29, 1.82) is 0 Å². The van der Waals surface area contributed by atoms with E-state index in [1.807, 2.05) is 27.2 Å². The van der Waals surface area contributed by atoms with Crippen molar-refractivity contribution in [2.75, 3.05) is 47.5 Å². The molecule has 0 rings (SSSR count). The number of quaternary nitrogens is 1. The van der Waals surface area contributed by atoms with Crippen molar-refractivity contribution in [1.82, 2.24) is 0 Å². The Morgan fingerprint density at radius 2 is 0.964 bits per heavy atom. The number of carbonyl (C=O) groups excluding carboxylic acids is 2. The number of phosphoric ester groups is 1. The molecule has 0 bridgehead atoms. The van der Waals surface area contributed by atoms with Gasteiger partial charge in [-0.3, -0.25) is 18.6 Å². The van der Waals surface area contributed by atoms with Crippen molar-refractivity contribution >= 4 is 19.8 Å². The van der Waals surface area contributed by atoms with Crippen LogP contribution < -0.4 is 0 Å². The zero-order valence-corrected chi connectivity index (χ0v) is 36.2. The Morgan fingerprint density at radius 3 is 1.41 bits per heavy atom. The first-order valence-corrected chi connectivity index (χ1v) is 22.1. The second-order valence-electron chi connectivity index (χ2n) is 14.3. The summed E-state index contributed by atoms with van der Waals surface area (Å²) in [7, 11) is 1.39. The molecule has 2 atom stereocenters. The van der Waals surface area contributed by atoms with Crippen molar-refractivity contribution in [3.8, 4) is 0 Å². The van der Waals surface area contributed by atoms with Gasteiger partial charge in [-0.05, 0) is 89.9 Å².